The number of aromatic nitrogens is 2. The number of amides is 1. The predicted molar refractivity (Wildman–Crippen MR) is 139 cm³/mol. The number of ether oxygens (including phenoxy) is 2. The molecule has 8 heteroatoms. The van der Waals surface area contributed by atoms with E-state index in [-0.39, 0.29) is 36.5 Å². The van der Waals surface area contributed by atoms with Crippen molar-refractivity contribution in [3.05, 3.63) is 106 Å². The van der Waals surface area contributed by atoms with Gasteiger partial charge in [0.2, 0.25) is 0 Å². The van der Waals surface area contributed by atoms with E-state index >= 15 is 0 Å². The molecule has 2 heterocycles. The largest absolute Gasteiger partial charge is 0.484 e. The summed E-state index contributed by atoms with van der Waals surface area (Å²) in [6, 6.07) is 22.9. The number of nitrogens with one attached hydrogen (secondary N) is 1. The predicted octanol–water partition coefficient (Wildman–Crippen LogP) is 3.74. The summed E-state index contributed by atoms with van der Waals surface area (Å²) in [7, 11) is 0. The molecular weight excluding hydrogens is 470 g/mol. The van der Waals surface area contributed by atoms with Gasteiger partial charge in [0, 0.05) is 24.3 Å². The first kappa shape index (κ1) is 24.4. The van der Waals surface area contributed by atoms with Crippen molar-refractivity contribution in [3.63, 3.8) is 0 Å². The molecule has 0 radical (unpaired) electrons. The van der Waals surface area contributed by atoms with Crippen molar-refractivity contribution in [1.82, 2.24) is 14.9 Å². The van der Waals surface area contributed by atoms with Crippen LogP contribution in [-0.2, 0) is 16.1 Å². The van der Waals surface area contributed by atoms with Crippen LogP contribution >= 0.6 is 0 Å². The van der Waals surface area contributed by atoms with E-state index in [1.807, 2.05) is 24.3 Å². The first-order valence-electron chi connectivity index (χ1n) is 12.3. The monoisotopic (exact) mass is 497 g/mol. The Morgan fingerprint density at radius 2 is 1.70 bits per heavy atom. The van der Waals surface area contributed by atoms with Gasteiger partial charge < -0.3 is 19.4 Å². The van der Waals surface area contributed by atoms with Gasteiger partial charge in [-0.1, -0.05) is 42.5 Å². The molecule has 8 nitrogen and oxygen atoms in total. The summed E-state index contributed by atoms with van der Waals surface area (Å²) in [4.78, 5) is 47.2. The fraction of sp³-hybridized carbons (Fsp3) is 0.241. The summed E-state index contributed by atoms with van der Waals surface area (Å²) < 4.78 is 11.5. The molecule has 4 aromatic rings. The van der Waals surface area contributed by atoms with E-state index in [0.717, 1.165) is 12.8 Å². The van der Waals surface area contributed by atoms with E-state index in [1.165, 1.54) is 0 Å². The molecule has 3 aromatic carbocycles. The summed E-state index contributed by atoms with van der Waals surface area (Å²) in [6.07, 6.45) is 1.74. The zero-order valence-corrected chi connectivity index (χ0v) is 20.3. The highest BCUT2D eigenvalue weighted by Crippen LogP contribution is 2.18. The van der Waals surface area contributed by atoms with Crippen molar-refractivity contribution >= 4 is 22.6 Å². The quantitative estimate of drug-likeness (QED) is 0.354. The number of H-pyrrole nitrogens is 1. The van der Waals surface area contributed by atoms with E-state index in [4.69, 9.17) is 9.47 Å². The number of ketones is 1. The van der Waals surface area contributed by atoms with Crippen LogP contribution in [0.25, 0.3) is 10.9 Å². The topological polar surface area (TPSA) is 102 Å². The summed E-state index contributed by atoms with van der Waals surface area (Å²) in [5.41, 5.74) is 1.48. The van der Waals surface area contributed by atoms with Crippen LogP contribution in [-0.4, -0.2) is 52.4 Å². The van der Waals surface area contributed by atoms with Crippen LogP contribution in [0.5, 0.6) is 5.75 Å². The van der Waals surface area contributed by atoms with Crippen molar-refractivity contribution < 1.29 is 19.1 Å². The maximum Gasteiger partial charge on any atom is 0.261 e. The van der Waals surface area contributed by atoms with Crippen LogP contribution in [0, 0.1) is 0 Å². The van der Waals surface area contributed by atoms with Crippen molar-refractivity contribution in [2.45, 2.75) is 25.5 Å². The van der Waals surface area contributed by atoms with Gasteiger partial charge in [-0.15, -0.1) is 0 Å². The molecule has 0 bridgehead atoms. The minimum atomic E-state index is -0.254. The van der Waals surface area contributed by atoms with Gasteiger partial charge in [-0.3, -0.25) is 14.4 Å². The summed E-state index contributed by atoms with van der Waals surface area (Å²) in [5, 5.41) is 0.501. The zero-order chi connectivity index (χ0) is 25.6. The molecule has 0 spiro atoms. The van der Waals surface area contributed by atoms with E-state index in [0.29, 0.717) is 46.8 Å². The normalized spacial score (nSPS) is 15.0. The molecule has 1 aliphatic rings. The number of carbonyl (C=O) groups is 2. The Morgan fingerprint density at radius 1 is 0.973 bits per heavy atom. The Labute approximate surface area is 213 Å². The molecule has 0 aliphatic carbocycles. The van der Waals surface area contributed by atoms with Crippen molar-refractivity contribution in [3.8, 4) is 5.75 Å². The third-order valence-corrected chi connectivity index (χ3v) is 6.32. The molecule has 1 aliphatic heterocycles. The maximum atomic E-state index is 13.2. The minimum absolute atomic E-state index is 0.0700. The van der Waals surface area contributed by atoms with E-state index in [2.05, 4.69) is 9.97 Å². The second kappa shape index (κ2) is 11.2. The Bertz CT molecular complexity index is 1440. The average Bonchev–Trinajstić information content (AvgIpc) is 3.45. The highest BCUT2D eigenvalue weighted by Gasteiger charge is 2.24. The lowest BCUT2D eigenvalue weighted by atomic mass is 10.0. The molecule has 1 amide bonds. The number of nitrogens with zero attached hydrogens (tertiary/aromatic N) is 2. The number of carbonyl (C=O) groups excluding carboxylic acids is 2. The molecule has 0 unspecified atom stereocenters. The second-order valence-corrected chi connectivity index (χ2v) is 8.95. The van der Waals surface area contributed by atoms with Gasteiger partial charge >= 0.3 is 0 Å². The van der Waals surface area contributed by atoms with Gasteiger partial charge in [0.25, 0.3) is 11.5 Å². The Kier molecular flexibility index (Phi) is 7.37. The number of rotatable bonds is 9. The summed E-state index contributed by atoms with van der Waals surface area (Å²) in [6.45, 7) is 0.981. The lowest BCUT2D eigenvalue weighted by molar-refractivity contribution is -0.135. The third kappa shape index (κ3) is 5.92. The maximum absolute atomic E-state index is 13.2. The summed E-state index contributed by atoms with van der Waals surface area (Å²) in [5.74, 6) is 0.546. The molecule has 1 fully saturated rings. The van der Waals surface area contributed by atoms with Gasteiger partial charge in [-0.2, -0.15) is 0 Å². The number of fused-ring (bicyclic) bond motifs is 1. The van der Waals surface area contributed by atoms with Gasteiger partial charge in [-0.05, 0) is 49.2 Å². The number of para-hydroxylation sites is 1. The molecule has 37 heavy (non-hydrogen) atoms. The zero-order valence-electron chi connectivity index (χ0n) is 20.3. The first-order chi connectivity index (χ1) is 18.1. The fourth-order valence-corrected chi connectivity index (χ4v) is 4.37. The Hall–Kier alpha value is -4.30. The highest BCUT2D eigenvalue weighted by molar-refractivity contribution is 6.09. The van der Waals surface area contributed by atoms with Crippen LogP contribution in [0.3, 0.4) is 0 Å². The molecule has 1 N–H and O–H groups in total. The van der Waals surface area contributed by atoms with E-state index in [9.17, 15) is 14.4 Å². The number of aromatic amines is 1. The van der Waals surface area contributed by atoms with Gasteiger partial charge in [0.15, 0.2) is 12.4 Å². The first-order valence-corrected chi connectivity index (χ1v) is 12.3. The van der Waals surface area contributed by atoms with Gasteiger partial charge in [0.05, 0.1) is 23.6 Å². The minimum Gasteiger partial charge on any atom is -0.484 e. The molecule has 1 saturated heterocycles. The van der Waals surface area contributed by atoms with Crippen molar-refractivity contribution in [2.24, 2.45) is 0 Å². The molecule has 1 atom stereocenters. The summed E-state index contributed by atoms with van der Waals surface area (Å²) >= 11 is 0. The number of hydrogen-bond donors (Lipinski definition) is 1. The lowest BCUT2D eigenvalue weighted by Gasteiger charge is -2.25. The van der Waals surface area contributed by atoms with Crippen molar-refractivity contribution in [1.29, 1.82) is 0 Å². The Morgan fingerprint density at radius 3 is 2.46 bits per heavy atom. The standard InChI is InChI=1S/C29H27N3O5/c33-27(19-37-22-14-12-21(13-15-22)28(34)20-7-2-1-3-8-20)32(17-23-9-6-16-36-23)18-26-30-25-11-5-4-10-24(25)29(35)31-26/h1-5,7-8,10-15,23H,6,9,16-19H2,(H,30,31,35)/t23-/m0/s1. The van der Waals surface area contributed by atoms with Crippen LogP contribution in [0.2, 0.25) is 0 Å². The molecule has 188 valence electrons. The second-order valence-electron chi connectivity index (χ2n) is 8.95. The van der Waals surface area contributed by atoms with Crippen molar-refractivity contribution in [2.75, 3.05) is 19.8 Å². The third-order valence-electron chi connectivity index (χ3n) is 6.32. The van der Waals surface area contributed by atoms with Crippen LogP contribution < -0.4 is 10.3 Å². The van der Waals surface area contributed by atoms with E-state index in [1.54, 1.807) is 59.5 Å². The number of hydrogen-bond acceptors (Lipinski definition) is 6. The van der Waals surface area contributed by atoms with Crippen LogP contribution in [0.1, 0.15) is 34.6 Å². The molecular formula is C29H27N3O5. The lowest BCUT2D eigenvalue weighted by Crippen LogP contribution is -2.40. The van der Waals surface area contributed by atoms with Gasteiger partial charge in [-0.25, -0.2) is 4.98 Å². The highest BCUT2D eigenvalue weighted by atomic mass is 16.5. The van der Waals surface area contributed by atoms with E-state index < -0.39 is 0 Å². The molecule has 1 aromatic heterocycles. The van der Waals surface area contributed by atoms with Crippen LogP contribution in [0.15, 0.2) is 83.7 Å². The SMILES string of the molecule is O=C(c1ccccc1)c1ccc(OCC(=O)N(Cc2nc3ccccc3c(=O)[nH]2)C[C@@H]2CCCO2)cc1. The fourth-order valence-electron chi connectivity index (χ4n) is 4.37. The average molecular weight is 498 g/mol. The van der Waals surface area contributed by atoms with Crippen LogP contribution in [0.4, 0.5) is 0 Å². The number of benzene rings is 3. The van der Waals surface area contributed by atoms with Gasteiger partial charge in [0.1, 0.15) is 11.6 Å². The Balaban J connectivity index is 1.27. The molecule has 5 rings (SSSR count). The smallest absolute Gasteiger partial charge is 0.261 e. The molecule has 0 saturated carbocycles.